The van der Waals surface area contributed by atoms with Crippen LogP contribution in [0.3, 0.4) is 0 Å². The fourth-order valence-corrected chi connectivity index (χ4v) is 2.44. The molecule has 0 aliphatic heterocycles. The molecule has 15 heavy (non-hydrogen) atoms. The second-order valence-corrected chi connectivity index (χ2v) is 5.50. The van der Waals surface area contributed by atoms with E-state index in [-0.39, 0.29) is 6.04 Å². The van der Waals surface area contributed by atoms with Crippen LogP contribution in [0.2, 0.25) is 0 Å². The first-order valence-electron chi connectivity index (χ1n) is 4.31. The van der Waals surface area contributed by atoms with E-state index in [1.807, 2.05) is 0 Å². The van der Waals surface area contributed by atoms with Crippen molar-refractivity contribution < 1.29 is 8.42 Å². The molecule has 0 spiro atoms. The van der Waals surface area contributed by atoms with Crippen LogP contribution in [0.5, 0.6) is 0 Å². The topological polar surface area (TPSA) is 71.1 Å². The summed E-state index contributed by atoms with van der Waals surface area (Å²) in [6, 6.07) is 3.01. The summed E-state index contributed by atoms with van der Waals surface area (Å²) in [5.74, 6) is 0. The number of pyridine rings is 1. The molecule has 1 aromatic rings. The third kappa shape index (κ3) is 4.59. The third-order valence-corrected chi connectivity index (χ3v) is 3.09. The summed E-state index contributed by atoms with van der Waals surface area (Å²) < 4.78 is 28.3. The Hall–Kier alpha value is -0.660. The van der Waals surface area contributed by atoms with Gasteiger partial charge in [0.1, 0.15) is 4.60 Å². The van der Waals surface area contributed by atoms with E-state index in [1.54, 1.807) is 26.0 Å². The number of anilines is 1. The zero-order chi connectivity index (χ0) is 11.5. The van der Waals surface area contributed by atoms with E-state index in [9.17, 15) is 8.42 Å². The maximum absolute atomic E-state index is 11.5. The molecule has 0 fully saturated rings. The molecule has 0 amide bonds. The van der Waals surface area contributed by atoms with Crippen LogP contribution in [-0.2, 0) is 10.2 Å². The van der Waals surface area contributed by atoms with E-state index >= 15 is 0 Å². The first-order valence-corrected chi connectivity index (χ1v) is 6.58. The molecular formula is C8H12BrN3O2S. The first kappa shape index (κ1) is 12.4. The number of halogens is 1. The van der Waals surface area contributed by atoms with Crippen molar-refractivity contribution in [1.82, 2.24) is 9.71 Å². The molecule has 1 heterocycles. The summed E-state index contributed by atoms with van der Waals surface area (Å²) in [6.07, 6.45) is 1.51. The van der Waals surface area contributed by atoms with Crippen LogP contribution in [0, 0.1) is 0 Å². The second kappa shape index (κ2) is 4.91. The second-order valence-electron chi connectivity index (χ2n) is 3.25. The standard InChI is InChI=1S/C8H12BrN3O2S/c1-6(2)11-15(13,14)12-7-3-4-10-8(9)5-7/h3-6,11H,1-2H3,(H,10,12). The molecule has 0 saturated heterocycles. The van der Waals surface area contributed by atoms with Gasteiger partial charge in [-0.3, -0.25) is 4.72 Å². The summed E-state index contributed by atoms with van der Waals surface area (Å²) in [5, 5.41) is 0. The third-order valence-electron chi connectivity index (χ3n) is 1.37. The zero-order valence-electron chi connectivity index (χ0n) is 8.36. The average Bonchev–Trinajstić information content (AvgIpc) is 1.99. The molecule has 1 rings (SSSR count). The molecule has 0 unspecified atom stereocenters. The lowest BCUT2D eigenvalue weighted by molar-refractivity contribution is 0.575. The van der Waals surface area contributed by atoms with Crippen molar-refractivity contribution in [3.63, 3.8) is 0 Å². The summed E-state index contributed by atoms with van der Waals surface area (Å²) in [5.41, 5.74) is 0.463. The molecule has 7 heteroatoms. The van der Waals surface area contributed by atoms with E-state index in [0.29, 0.717) is 10.3 Å². The van der Waals surface area contributed by atoms with Gasteiger partial charge < -0.3 is 0 Å². The monoisotopic (exact) mass is 293 g/mol. The van der Waals surface area contributed by atoms with Crippen molar-refractivity contribution in [3.05, 3.63) is 22.9 Å². The van der Waals surface area contributed by atoms with Crippen LogP contribution in [0.4, 0.5) is 5.69 Å². The molecule has 0 bridgehead atoms. The summed E-state index contributed by atoms with van der Waals surface area (Å²) in [6.45, 7) is 3.50. The number of nitrogens with one attached hydrogen (secondary N) is 2. The molecule has 2 N–H and O–H groups in total. The lowest BCUT2D eigenvalue weighted by atomic mass is 10.4. The summed E-state index contributed by atoms with van der Waals surface area (Å²) in [7, 11) is -3.50. The highest BCUT2D eigenvalue weighted by molar-refractivity contribution is 9.10. The SMILES string of the molecule is CC(C)NS(=O)(=O)Nc1ccnc(Br)c1. The fourth-order valence-electron chi connectivity index (χ4n) is 0.961. The summed E-state index contributed by atoms with van der Waals surface area (Å²) in [4.78, 5) is 3.89. The van der Waals surface area contributed by atoms with Gasteiger partial charge in [0.2, 0.25) is 0 Å². The van der Waals surface area contributed by atoms with E-state index in [4.69, 9.17) is 0 Å². The van der Waals surface area contributed by atoms with Gasteiger partial charge in [0, 0.05) is 12.2 Å². The maximum atomic E-state index is 11.5. The first-order chi connectivity index (χ1) is 6.89. The molecule has 84 valence electrons. The molecular weight excluding hydrogens is 282 g/mol. The van der Waals surface area contributed by atoms with Gasteiger partial charge in [-0.1, -0.05) is 0 Å². The highest BCUT2D eigenvalue weighted by atomic mass is 79.9. The van der Waals surface area contributed by atoms with Crippen molar-refractivity contribution in [1.29, 1.82) is 0 Å². The number of nitrogens with zero attached hydrogens (tertiary/aromatic N) is 1. The van der Waals surface area contributed by atoms with E-state index in [0.717, 1.165) is 0 Å². The number of aromatic nitrogens is 1. The molecule has 0 saturated carbocycles. The van der Waals surface area contributed by atoms with Gasteiger partial charge in [-0.25, -0.2) is 4.98 Å². The maximum Gasteiger partial charge on any atom is 0.299 e. The number of rotatable bonds is 4. The van der Waals surface area contributed by atoms with Gasteiger partial charge in [0.25, 0.3) is 10.2 Å². The van der Waals surface area contributed by atoms with Crippen molar-refractivity contribution >= 4 is 31.8 Å². The molecule has 1 aromatic heterocycles. The quantitative estimate of drug-likeness (QED) is 0.827. The molecule has 0 radical (unpaired) electrons. The Labute approximate surface area is 97.6 Å². The van der Waals surface area contributed by atoms with Gasteiger partial charge >= 0.3 is 0 Å². The van der Waals surface area contributed by atoms with Gasteiger partial charge in [-0.15, -0.1) is 0 Å². The number of hydrogen-bond acceptors (Lipinski definition) is 3. The Morgan fingerprint density at radius 3 is 2.67 bits per heavy atom. The molecule has 0 aliphatic rings. The highest BCUT2D eigenvalue weighted by Gasteiger charge is 2.11. The molecule has 0 aromatic carbocycles. The van der Waals surface area contributed by atoms with Gasteiger partial charge in [-0.2, -0.15) is 13.1 Å². The minimum absolute atomic E-state index is 0.146. The van der Waals surface area contributed by atoms with Crippen molar-refractivity contribution in [2.75, 3.05) is 4.72 Å². The predicted molar refractivity (Wildman–Crippen MR) is 62.8 cm³/mol. The Balaban J connectivity index is 2.78. The van der Waals surface area contributed by atoms with Crippen LogP contribution in [0.15, 0.2) is 22.9 Å². The van der Waals surface area contributed by atoms with Crippen LogP contribution >= 0.6 is 15.9 Å². The Morgan fingerprint density at radius 1 is 1.47 bits per heavy atom. The highest BCUT2D eigenvalue weighted by Crippen LogP contribution is 2.13. The molecule has 5 nitrogen and oxygen atoms in total. The lowest BCUT2D eigenvalue weighted by Gasteiger charge is -2.11. The van der Waals surface area contributed by atoms with Crippen LogP contribution < -0.4 is 9.44 Å². The van der Waals surface area contributed by atoms with Crippen molar-refractivity contribution in [2.45, 2.75) is 19.9 Å². The number of hydrogen-bond donors (Lipinski definition) is 2. The smallest absolute Gasteiger partial charge is 0.271 e. The van der Waals surface area contributed by atoms with Crippen LogP contribution in [0.1, 0.15) is 13.8 Å². The van der Waals surface area contributed by atoms with Crippen molar-refractivity contribution in [3.8, 4) is 0 Å². The molecule has 0 aliphatic carbocycles. The van der Waals surface area contributed by atoms with Gasteiger partial charge in [0.15, 0.2) is 0 Å². The minimum atomic E-state index is -3.50. The average molecular weight is 294 g/mol. The zero-order valence-corrected chi connectivity index (χ0v) is 10.8. The van der Waals surface area contributed by atoms with Crippen molar-refractivity contribution in [2.24, 2.45) is 0 Å². The lowest BCUT2D eigenvalue weighted by Crippen LogP contribution is -2.35. The van der Waals surface area contributed by atoms with Gasteiger partial charge in [-0.05, 0) is 41.9 Å². The van der Waals surface area contributed by atoms with E-state index in [2.05, 4.69) is 30.4 Å². The Kier molecular flexibility index (Phi) is 4.06. The largest absolute Gasteiger partial charge is 0.299 e. The van der Waals surface area contributed by atoms with Crippen LogP contribution in [-0.4, -0.2) is 19.4 Å². The normalized spacial score (nSPS) is 11.7. The predicted octanol–water partition coefficient (Wildman–Crippen LogP) is 1.50. The van der Waals surface area contributed by atoms with Crippen LogP contribution in [0.25, 0.3) is 0 Å². The van der Waals surface area contributed by atoms with E-state index < -0.39 is 10.2 Å². The minimum Gasteiger partial charge on any atom is -0.271 e. The fraction of sp³-hybridized carbons (Fsp3) is 0.375. The van der Waals surface area contributed by atoms with Gasteiger partial charge in [0.05, 0.1) is 5.69 Å². The summed E-state index contributed by atoms with van der Waals surface area (Å²) >= 11 is 3.15. The molecule has 0 atom stereocenters. The van der Waals surface area contributed by atoms with E-state index in [1.165, 1.54) is 6.20 Å². The Morgan fingerprint density at radius 2 is 2.13 bits per heavy atom. The Bertz CT molecular complexity index is 433.